The number of benzene rings is 1. The summed E-state index contributed by atoms with van der Waals surface area (Å²) in [4.78, 5) is 0. The molecule has 1 aromatic rings. The molecule has 0 fully saturated rings. The fourth-order valence-electron chi connectivity index (χ4n) is 0.761. The summed E-state index contributed by atoms with van der Waals surface area (Å²) in [6.45, 7) is 0. The third-order valence-corrected chi connectivity index (χ3v) is 1.31. The van der Waals surface area contributed by atoms with Gasteiger partial charge in [-0.1, -0.05) is 6.07 Å². The lowest BCUT2D eigenvalue weighted by Crippen LogP contribution is -2.26. The lowest BCUT2D eigenvalue weighted by molar-refractivity contribution is -0.00123. The Hall–Kier alpha value is -1.10. The van der Waals surface area contributed by atoms with Crippen LogP contribution in [0.15, 0.2) is 18.2 Å². The van der Waals surface area contributed by atoms with Gasteiger partial charge >= 0.3 is 6.05 Å². The molecule has 0 amide bonds. The lowest BCUT2D eigenvalue weighted by atomic mass is 10.2. The Labute approximate surface area is 65.8 Å². The molecule has 1 nitrogen and oxygen atoms in total. The minimum absolute atomic E-state index is 0.735. The molecule has 0 aliphatic carbocycles. The van der Waals surface area contributed by atoms with Crippen LogP contribution >= 0.6 is 0 Å². The molecule has 66 valence electrons. The summed E-state index contributed by atoms with van der Waals surface area (Å²) >= 11 is 0. The molecule has 0 aliphatic rings. The minimum atomic E-state index is -3.84. The summed E-state index contributed by atoms with van der Waals surface area (Å²) in [5, 5.41) is 0. The summed E-state index contributed by atoms with van der Waals surface area (Å²) in [5.41, 5.74) is 3.15. The smallest absolute Gasteiger partial charge is 0.268 e. The molecule has 5 heteroatoms. The fourth-order valence-corrected chi connectivity index (χ4v) is 0.761. The van der Waals surface area contributed by atoms with E-state index in [1.807, 2.05) is 0 Å². The quantitative estimate of drug-likeness (QED) is 0.517. The van der Waals surface area contributed by atoms with Crippen molar-refractivity contribution in [3.05, 3.63) is 35.4 Å². The molecule has 0 aromatic heterocycles. The Morgan fingerprint density at radius 2 is 1.75 bits per heavy atom. The predicted octanol–water partition coefficient (Wildman–Crippen LogP) is 1.97. The third-order valence-electron chi connectivity index (χ3n) is 1.31. The van der Waals surface area contributed by atoms with E-state index < -0.39 is 23.2 Å². The van der Waals surface area contributed by atoms with Crippen LogP contribution in [0, 0.1) is 11.6 Å². The highest BCUT2D eigenvalue weighted by Gasteiger charge is 2.30. The van der Waals surface area contributed by atoms with Crippen molar-refractivity contribution in [2.45, 2.75) is 6.05 Å². The molecule has 0 unspecified atom stereocenters. The number of rotatable bonds is 1. The SMILES string of the molecule is NC(F)(F)c1cccc(F)c1F. The van der Waals surface area contributed by atoms with Crippen molar-refractivity contribution in [2.24, 2.45) is 5.73 Å². The van der Waals surface area contributed by atoms with Crippen molar-refractivity contribution in [3.8, 4) is 0 Å². The number of halogens is 4. The molecule has 0 heterocycles. The van der Waals surface area contributed by atoms with E-state index in [1.165, 1.54) is 0 Å². The Morgan fingerprint density at radius 1 is 1.17 bits per heavy atom. The van der Waals surface area contributed by atoms with Crippen LogP contribution in [0.5, 0.6) is 0 Å². The summed E-state index contributed by atoms with van der Waals surface area (Å²) < 4.78 is 49.4. The van der Waals surface area contributed by atoms with E-state index in [4.69, 9.17) is 0 Å². The molecular weight excluding hydrogens is 174 g/mol. The van der Waals surface area contributed by atoms with Crippen molar-refractivity contribution in [3.63, 3.8) is 0 Å². The topological polar surface area (TPSA) is 26.0 Å². The molecule has 1 aromatic carbocycles. The van der Waals surface area contributed by atoms with E-state index >= 15 is 0 Å². The third kappa shape index (κ3) is 1.55. The van der Waals surface area contributed by atoms with E-state index in [9.17, 15) is 17.6 Å². The van der Waals surface area contributed by atoms with Crippen molar-refractivity contribution < 1.29 is 17.6 Å². The first kappa shape index (κ1) is 8.99. The Balaban J connectivity index is 3.26. The van der Waals surface area contributed by atoms with Gasteiger partial charge in [-0.15, -0.1) is 0 Å². The van der Waals surface area contributed by atoms with Crippen molar-refractivity contribution >= 4 is 0 Å². The molecule has 0 saturated heterocycles. The van der Waals surface area contributed by atoms with Crippen molar-refractivity contribution in [1.29, 1.82) is 0 Å². The van der Waals surface area contributed by atoms with Gasteiger partial charge in [-0.05, 0) is 12.1 Å². The molecule has 12 heavy (non-hydrogen) atoms. The highest BCUT2D eigenvalue weighted by Crippen LogP contribution is 2.25. The maximum atomic E-state index is 12.6. The van der Waals surface area contributed by atoms with Gasteiger partial charge in [0.05, 0.1) is 5.56 Å². The number of alkyl halides is 2. The van der Waals surface area contributed by atoms with Crippen LogP contribution in [0.3, 0.4) is 0 Å². The normalized spacial score (nSPS) is 11.8. The second kappa shape index (κ2) is 2.75. The van der Waals surface area contributed by atoms with Gasteiger partial charge in [0.2, 0.25) is 0 Å². The second-order valence-corrected chi connectivity index (χ2v) is 2.22. The van der Waals surface area contributed by atoms with E-state index in [2.05, 4.69) is 5.73 Å². The standard InChI is InChI=1S/C7H5F4N/c8-5-3-1-2-4(6(5)9)7(10,11)12/h1-3H,12H2. The molecule has 0 aliphatic heterocycles. The Kier molecular flexibility index (Phi) is 2.06. The van der Waals surface area contributed by atoms with Crippen LogP contribution in [-0.4, -0.2) is 0 Å². The van der Waals surface area contributed by atoms with Gasteiger partial charge in [-0.3, -0.25) is 5.73 Å². The van der Waals surface area contributed by atoms with E-state index in [-0.39, 0.29) is 0 Å². The van der Waals surface area contributed by atoms with Gasteiger partial charge in [-0.2, -0.15) is 8.78 Å². The van der Waals surface area contributed by atoms with Crippen LogP contribution in [0.1, 0.15) is 5.56 Å². The van der Waals surface area contributed by atoms with E-state index in [0.717, 1.165) is 18.2 Å². The Bertz CT molecular complexity index is 292. The first-order chi connectivity index (χ1) is 5.43. The average Bonchev–Trinajstić information content (AvgIpc) is 1.92. The molecule has 1 rings (SSSR count). The van der Waals surface area contributed by atoms with Crippen LogP contribution < -0.4 is 5.73 Å². The van der Waals surface area contributed by atoms with Gasteiger partial charge in [0.15, 0.2) is 11.6 Å². The first-order valence-electron chi connectivity index (χ1n) is 3.04. The van der Waals surface area contributed by atoms with Crippen molar-refractivity contribution in [2.75, 3.05) is 0 Å². The number of nitrogens with two attached hydrogens (primary N) is 1. The van der Waals surface area contributed by atoms with Crippen LogP contribution in [-0.2, 0) is 6.05 Å². The van der Waals surface area contributed by atoms with E-state index in [1.54, 1.807) is 0 Å². The highest BCUT2D eigenvalue weighted by atomic mass is 19.3. The van der Waals surface area contributed by atoms with Gasteiger partial charge in [0.1, 0.15) is 0 Å². The number of hydrogen-bond acceptors (Lipinski definition) is 1. The van der Waals surface area contributed by atoms with Gasteiger partial charge < -0.3 is 0 Å². The van der Waals surface area contributed by atoms with Gasteiger partial charge in [-0.25, -0.2) is 8.78 Å². The molecule has 0 saturated carbocycles. The Morgan fingerprint density at radius 3 is 2.17 bits per heavy atom. The fraction of sp³-hybridized carbons (Fsp3) is 0.143. The van der Waals surface area contributed by atoms with Crippen molar-refractivity contribution in [1.82, 2.24) is 0 Å². The molecule has 2 N–H and O–H groups in total. The summed E-state index contributed by atoms with van der Waals surface area (Å²) in [5.74, 6) is -2.94. The zero-order valence-corrected chi connectivity index (χ0v) is 5.82. The second-order valence-electron chi connectivity index (χ2n) is 2.22. The lowest BCUT2D eigenvalue weighted by Gasteiger charge is -2.10. The van der Waals surface area contributed by atoms with Crippen LogP contribution in [0.25, 0.3) is 0 Å². The zero-order valence-electron chi connectivity index (χ0n) is 5.82. The monoisotopic (exact) mass is 179 g/mol. The highest BCUT2D eigenvalue weighted by molar-refractivity contribution is 5.22. The van der Waals surface area contributed by atoms with Gasteiger partial charge in [0, 0.05) is 0 Å². The zero-order chi connectivity index (χ0) is 9.35. The van der Waals surface area contributed by atoms with Crippen LogP contribution in [0.2, 0.25) is 0 Å². The largest absolute Gasteiger partial charge is 0.329 e. The minimum Gasteiger partial charge on any atom is -0.268 e. The van der Waals surface area contributed by atoms with E-state index in [0.29, 0.717) is 0 Å². The van der Waals surface area contributed by atoms with Gasteiger partial charge in [0.25, 0.3) is 0 Å². The summed E-state index contributed by atoms with van der Waals surface area (Å²) in [7, 11) is 0. The molecule has 0 radical (unpaired) electrons. The van der Waals surface area contributed by atoms with Crippen LogP contribution in [0.4, 0.5) is 17.6 Å². The predicted molar refractivity (Wildman–Crippen MR) is 34.4 cm³/mol. The summed E-state index contributed by atoms with van der Waals surface area (Å²) in [6, 6.07) is -1.40. The number of hydrogen-bond donors (Lipinski definition) is 1. The summed E-state index contributed by atoms with van der Waals surface area (Å²) in [6.07, 6.45) is 0. The maximum absolute atomic E-state index is 12.6. The first-order valence-corrected chi connectivity index (χ1v) is 3.04. The molecule has 0 spiro atoms. The average molecular weight is 179 g/mol. The molecule has 0 atom stereocenters. The maximum Gasteiger partial charge on any atom is 0.329 e. The molecular formula is C7H5F4N. The molecule has 0 bridgehead atoms.